The molecule has 0 radical (unpaired) electrons. The summed E-state index contributed by atoms with van der Waals surface area (Å²) in [7, 11) is -4.04. The van der Waals surface area contributed by atoms with E-state index >= 15 is 0 Å². The quantitative estimate of drug-likeness (QED) is 0.651. The van der Waals surface area contributed by atoms with Crippen molar-refractivity contribution in [2.75, 3.05) is 11.5 Å². The van der Waals surface area contributed by atoms with Gasteiger partial charge in [0.25, 0.3) is 10.0 Å². The molecule has 0 aliphatic heterocycles. The Morgan fingerprint density at radius 2 is 1.61 bits per heavy atom. The van der Waals surface area contributed by atoms with Crippen molar-refractivity contribution in [3.05, 3.63) is 30.3 Å². The lowest BCUT2D eigenvalue weighted by atomic mass is 10.1. The molecule has 2 rings (SSSR count). The first-order valence-corrected chi connectivity index (χ1v) is 6.45. The van der Waals surface area contributed by atoms with Gasteiger partial charge in [-0.25, -0.2) is 13.6 Å². The molecule has 2 aromatic rings. The van der Waals surface area contributed by atoms with Crippen molar-refractivity contribution in [3.63, 3.8) is 0 Å². The van der Waals surface area contributed by atoms with Crippen LogP contribution in [0.15, 0.2) is 35.4 Å². The molecule has 94 valence electrons. The SMILES string of the molecule is Nc1nc(N)c(-c2ccccc2)c(S(N)(=O)=O)n1. The highest BCUT2D eigenvalue weighted by Crippen LogP contribution is 2.30. The zero-order valence-electron chi connectivity index (χ0n) is 9.24. The Morgan fingerprint density at radius 1 is 1.00 bits per heavy atom. The number of nitrogens with two attached hydrogens (primary N) is 3. The molecular formula is C10H11N5O2S. The molecule has 0 fully saturated rings. The Balaban J connectivity index is 2.82. The van der Waals surface area contributed by atoms with E-state index in [9.17, 15) is 8.42 Å². The van der Waals surface area contributed by atoms with E-state index in [2.05, 4.69) is 9.97 Å². The third kappa shape index (κ3) is 2.24. The number of anilines is 2. The van der Waals surface area contributed by atoms with Crippen molar-refractivity contribution in [2.45, 2.75) is 5.03 Å². The van der Waals surface area contributed by atoms with Gasteiger partial charge in [-0.1, -0.05) is 30.3 Å². The Bertz CT molecular complexity index is 685. The number of primary sulfonamides is 1. The van der Waals surface area contributed by atoms with Gasteiger partial charge in [0.1, 0.15) is 5.82 Å². The van der Waals surface area contributed by atoms with E-state index in [1.165, 1.54) is 0 Å². The van der Waals surface area contributed by atoms with Crippen LogP contribution < -0.4 is 16.6 Å². The highest BCUT2D eigenvalue weighted by Gasteiger charge is 2.21. The smallest absolute Gasteiger partial charge is 0.256 e. The molecule has 0 unspecified atom stereocenters. The number of hydrogen-bond acceptors (Lipinski definition) is 6. The molecule has 0 bridgehead atoms. The molecule has 1 aromatic heterocycles. The van der Waals surface area contributed by atoms with Crippen LogP contribution in [0, 0.1) is 0 Å². The van der Waals surface area contributed by atoms with Gasteiger partial charge in [0.05, 0.1) is 5.56 Å². The monoisotopic (exact) mass is 265 g/mol. The number of hydrogen-bond donors (Lipinski definition) is 3. The second-order valence-electron chi connectivity index (χ2n) is 3.56. The molecular weight excluding hydrogens is 254 g/mol. The minimum absolute atomic E-state index is 0.0299. The number of aromatic nitrogens is 2. The topological polar surface area (TPSA) is 138 Å². The summed E-state index contributed by atoms with van der Waals surface area (Å²) in [6, 6.07) is 8.62. The minimum Gasteiger partial charge on any atom is -0.383 e. The lowest BCUT2D eigenvalue weighted by Crippen LogP contribution is -2.18. The number of nitrogens with zero attached hydrogens (tertiary/aromatic N) is 2. The average Bonchev–Trinajstić information content (AvgIpc) is 2.28. The third-order valence-electron chi connectivity index (χ3n) is 2.25. The van der Waals surface area contributed by atoms with Crippen molar-refractivity contribution in [1.82, 2.24) is 9.97 Å². The number of benzene rings is 1. The van der Waals surface area contributed by atoms with E-state index in [1.54, 1.807) is 30.3 Å². The number of nitrogen functional groups attached to an aromatic ring is 2. The van der Waals surface area contributed by atoms with Gasteiger partial charge in [0, 0.05) is 0 Å². The van der Waals surface area contributed by atoms with Crippen molar-refractivity contribution < 1.29 is 8.42 Å². The summed E-state index contributed by atoms with van der Waals surface area (Å²) in [4.78, 5) is 7.40. The summed E-state index contributed by atoms with van der Waals surface area (Å²) in [5.74, 6) is -0.270. The zero-order valence-corrected chi connectivity index (χ0v) is 10.1. The van der Waals surface area contributed by atoms with Crippen LogP contribution in [0.25, 0.3) is 11.1 Å². The maximum Gasteiger partial charge on any atom is 0.256 e. The molecule has 0 saturated carbocycles. The predicted octanol–water partition coefficient (Wildman–Crippen LogP) is -0.0446. The maximum atomic E-state index is 11.5. The molecule has 0 aliphatic rings. The van der Waals surface area contributed by atoms with Crippen LogP contribution in [-0.2, 0) is 10.0 Å². The molecule has 8 heteroatoms. The third-order valence-corrected chi connectivity index (χ3v) is 3.09. The molecule has 0 saturated heterocycles. The van der Waals surface area contributed by atoms with Crippen LogP contribution in [0.4, 0.5) is 11.8 Å². The fourth-order valence-corrected chi connectivity index (χ4v) is 2.28. The lowest BCUT2D eigenvalue weighted by Gasteiger charge is -2.10. The summed E-state index contributed by atoms with van der Waals surface area (Å²) < 4.78 is 23.0. The Hall–Kier alpha value is -2.19. The first kappa shape index (κ1) is 12.3. The predicted molar refractivity (Wildman–Crippen MR) is 67.7 cm³/mol. The summed E-state index contributed by atoms with van der Waals surface area (Å²) in [5, 5.41) is 4.73. The van der Waals surface area contributed by atoms with Crippen LogP contribution in [0.5, 0.6) is 0 Å². The molecule has 6 N–H and O–H groups in total. The van der Waals surface area contributed by atoms with E-state index in [-0.39, 0.29) is 22.4 Å². The van der Waals surface area contributed by atoms with E-state index in [0.29, 0.717) is 5.56 Å². The zero-order chi connectivity index (χ0) is 13.3. The van der Waals surface area contributed by atoms with Gasteiger partial charge in [-0.2, -0.15) is 9.97 Å². The van der Waals surface area contributed by atoms with Gasteiger partial charge in [0.15, 0.2) is 5.03 Å². The standard InChI is InChI=1S/C10H11N5O2S/c11-8-7(6-4-2-1-3-5-6)9(18(13,16)17)15-10(12)14-8/h1-5H,(H2,13,16,17)(H4,11,12,14,15). The van der Waals surface area contributed by atoms with E-state index in [4.69, 9.17) is 16.6 Å². The largest absolute Gasteiger partial charge is 0.383 e. The number of sulfonamides is 1. The van der Waals surface area contributed by atoms with Crippen LogP contribution in [0.1, 0.15) is 0 Å². The van der Waals surface area contributed by atoms with Crippen molar-refractivity contribution in [2.24, 2.45) is 5.14 Å². The molecule has 7 nitrogen and oxygen atoms in total. The normalized spacial score (nSPS) is 11.4. The Morgan fingerprint density at radius 3 is 2.17 bits per heavy atom. The van der Waals surface area contributed by atoms with Crippen molar-refractivity contribution >= 4 is 21.8 Å². The molecule has 18 heavy (non-hydrogen) atoms. The summed E-state index contributed by atoms with van der Waals surface area (Å²) >= 11 is 0. The van der Waals surface area contributed by atoms with Gasteiger partial charge in [-0.15, -0.1) is 0 Å². The average molecular weight is 265 g/mol. The molecule has 0 aliphatic carbocycles. The second kappa shape index (κ2) is 4.24. The van der Waals surface area contributed by atoms with Crippen LogP contribution in [0.2, 0.25) is 0 Å². The molecule has 0 atom stereocenters. The highest BCUT2D eigenvalue weighted by atomic mass is 32.2. The van der Waals surface area contributed by atoms with Gasteiger partial charge in [-0.3, -0.25) is 0 Å². The Kier molecular flexibility index (Phi) is 2.89. The second-order valence-corrected chi connectivity index (χ2v) is 5.03. The van der Waals surface area contributed by atoms with Crippen LogP contribution in [-0.4, -0.2) is 18.4 Å². The van der Waals surface area contributed by atoms with E-state index in [0.717, 1.165) is 0 Å². The van der Waals surface area contributed by atoms with Gasteiger partial charge in [0.2, 0.25) is 5.95 Å². The van der Waals surface area contributed by atoms with Gasteiger partial charge in [-0.05, 0) is 5.56 Å². The lowest BCUT2D eigenvalue weighted by molar-refractivity contribution is 0.594. The van der Waals surface area contributed by atoms with E-state index < -0.39 is 10.0 Å². The van der Waals surface area contributed by atoms with Crippen LogP contribution in [0.3, 0.4) is 0 Å². The van der Waals surface area contributed by atoms with Crippen molar-refractivity contribution in [3.8, 4) is 11.1 Å². The van der Waals surface area contributed by atoms with Crippen molar-refractivity contribution in [1.29, 1.82) is 0 Å². The highest BCUT2D eigenvalue weighted by molar-refractivity contribution is 7.89. The summed E-state index contributed by atoms with van der Waals surface area (Å²) in [5.41, 5.74) is 11.8. The fourth-order valence-electron chi connectivity index (χ4n) is 1.56. The first-order chi connectivity index (χ1) is 8.39. The first-order valence-electron chi connectivity index (χ1n) is 4.91. The van der Waals surface area contributed by atoms with E-state index in [1.807, 2.05) is 0 Å². The summed E-state index contributed by atoms with van der Waals surface area (Å²) in [6.45, 7) is 0. The molecule has 1 aromatic carbocycles. The van der Waals surface area contributed by atoms with Gasteiger partial charge < -0.3 is 11.5 Å². The number of rotatable bonds is 2. The molecule has 0 spiro atoms. The fraction of sp³-hybridized carbons (Fsp3) is 0. The Labute approximate surface area is 104 Å². The minimum atomic E-state index is -4.04. The molecule has 1 heterocycles. The maximum absolute atomic E-state index is 11.5. The van der Waals surface area contributed by atoms with Crippen LogP contribution >= 0.6 is 0 Å². The summed E-state index contributed by atoms with van der Waals surface area (Å²) in [6.07, 6.45) is 0. The van der Waals surface area contributed by atoms with Gasteiger partial charge >= 0.3 is 0 Å². The molecule has 0 amide bonds.